The highest BCUT2D eigenvalue weighted by Gasteiger charge is 2.23. The van der Waals surface area contributed by atoms with Gasteiger partial charge in [0.2, 0.25) is 5.91 Å². The van der Waals surface area contributed by atoms with Crippen molar-refractivity contribution < 1.29 is 9.53 Å². The van der Waals surface area contributed by atoms with Crippen molar-refractivity contribution in [1.29, 1.82) is 0 Å². The van der Waals surface area contributed by atoms with Crippen LogP contribution in [-0.2, 0) is 11.3 Å². The number of amides is 1. The SMILES string of the molecule is COc1ccccc1N1CCN(C(=O)Cn2ncc3ccccc3c2=O)CC1. The van der Waals surface area contributed by atoms with Crippen LogP contribution in [0.1, 0.15) is 0 Å². The topological polar surface area (TPSA) is 67.7 Å². The number of aromatic nitrogens is 2. The summed E-state index contributed by atoms with van der Waals surface area (Å²) in [5.41, 5.74) is 0.795. The summed E-state index contributed by atoms with van der Waals surface area (Å²) < 4.78 is 6.68. The quantitative estimate of drug-likeness (QED) is 0.692. The number of nitrogens with zero attached hydrogens (tertiary/aromatic N) is 4. The molecule has 28 heavy (non-hydrogen) atoms. The Hall–Kier alpha value is -3.35. The number of benzene rings is 2. The first kappa shape index (κ1) is 18.0. The Morgan fingerprint density at radius 2 is 1.75 bits per heavy atom. The molecule has 0 spiro atoms. The Labute approximate surface area is 162 Å². The highest BCUT2D eigenvalue weighted by molar-refractivity contribution is 5.81. The molecule has 0 N–H and O–H groups in total. The molecule has 7 nitrogen and oxygen atoms in total. The highest BCUT2D eigenvalue weighted by atomic mass is 16.5. The van der Waals surface area contributed by atoms with Crippen LogP contribution in [0.5, 0.6) is 5.75 Å². The number of para-hydroxylation sites is 2. The summed E-state index contributed by atoms with van der Waals surface area (Å²) in [6, 6.07) is 15.1. The molecule has 1 aliphatic rings. The predicted octanol–water partition coefficient (Wildman–Crippen LogP) is 1.75. The molecule has 144 valence electrons. The van der Waals surface area contributed by atoms with E-state index in [2.05, 4.69) is 10.00 Å². The number of rotatable bonds is 4. The van der Waals surface area contributed by atoms with Gasteiger partial charge in [0.25, 0.3) is 5.56 Å². The predicted molar refractivity (Wildman–Crippen MR) is 108 cm³/mol. The van der Waals surface area contributed by atoms with Crippen LogP contribution in [0.2, 0.25) is 0 Å². The van der Waals surface area contributed by atoms with Crippen molar-refractivity contribution in [3.63, 3.8) is 0 Å². The van der Waals surface area contributed by atoms with Gasteiger partial charge >= 0.3 is 0 Å². The smallest absolute Gasteiger partial charge is 0.275 e. The summed E-state index contributed by atoms with van der Waals surface area (Å²) in [4.78, 5) is 29.3. The van der Waals surface area contributed by atoms with E-state index in [1.54, 1.807) is 24.3 Å². The fourth-order valence-electron chi connectivity index (χ4n) is 3.56. The maximum atomic E-state index is 12.7. The van der Waals surface area contributed by atoms with Gasteiger partial charge in [-0.1, -0.05) is 30.3 Å². The van der Waals surface area contributed by atoms with Crippen molar-refractivity contribution in [1.82, 2.24) is 14.7 Å². The lowest BCUT2D eigenvalue weighted by Crippen LogP contribution is -2.50. The molecule has 1 fully saturated rings. The molecule has 0 saturated carbocycles. The lowest BCUT2D eigenvalue weighted by molar-refractivity contribution is -0.132. The average molecular weight is 378 g/mol. The Morgan fingerprint density at radius 1 is 1.04 bits per heavy atom. The maximum Gasteiger partial charge on any atom is 0.275 e. The van der Waals surface area contributed by atoms with Crippen LogP contribution in [0.4, 0.5) is 5.69 Å². The first-order chi connectivity index (χ1) is 13.7. The van der Waals surface area contributed by atoms with E-state index >= 15 is 0 Å². The molecular weight excluding hydrogens is 356 g/mol. The molecule has 3 aromatic rings. The standard InChI is InChI=1S/C21H22N4O3/c1-28-19-9-5-4-8-18(19)23-10-12-24(13-11-23)20(26)15-25-21(27)17-7-3-2-6-16(17)14-22-25/h2-9,14H,10-13,15H2,1H3. The van der Waals surface area contributed by atoms with Crippen LogP contribution in [-0.4, -0.2) is 53.9 Å². The van der Waals surface area contributed by atoms with E-state index in [0.29, 0.717) is 31.6 Å². The van der Waals surface area contributed by atoms with Crippen LogP contribution >= 0.6 is 0 Å². The fourth-order valence-corrected chi connectivity index (χ4v) is 3.56. The van der Waals surface area contributed by atoms with Gasteiger partial charge in [-0.3, -0.25) is 9.59 Å². The van der Waals surface area contributed by atoms with E-state index < -0.39 is 0 Å². The number of hydrogen-bond donors (Lipinski definition) is 0. The van der Waals surface area contributed by atoms with Crippen molar-refractivity contribution in [2.75, 3.05) is 38.2 Å². The second kappa shape index (κ2) is 7.72. The van der Waals surface area contributed by atoms with Crippen LogP contribution in [0.25, 0.3) is 10.8 Å². The third kappa shape index (κ3) is 3.43. The molecule has 0 radical (unpaired) electrons. The van der Waals surface area contributed by atoms with Crippen molar-refractivity contribution in [3.8, 4) is 5.75 Å². The van der Waals surface area contributed by atoms with E-state index in [0.717, 1.165) is 16.8 Å². The van der Waals surface area contributed by atoms with Gasteiger partial charge in [-0.2, -0.15) is 5.10 Å². The number of piperazine rings is 1. The normalized spacial score (nSPS) is 14.3. The zero-order chi connectivity index (χ0) is 19.5. The van der Waals surface area contributed by atoms with E-state index in [-0.39, 0.29) is 18.0 Å². The van der Waals surface area contributed by atoms with Crippen molar-refractivity contribution in [3.05, 3.63) is 65.1 Å². The van der Waals surface area contributed by atoms with Gasteiger partial charge in [0.15, 0.2) is 0 Å². The molecule has 0 aliphatic carbocycles. The van der Waals surface area contributed by atoms with Crippen LogP contribution < -0.4 is 15.2 Å². The van der Waals surface area contributed by atoms with Gasteiger partial charge in [0.05, 0.1) is 24.4 Å². The zero-order valence-corrected chi connectivity index (χ0v) is 15.7. The lowest BCUT2D eigenvalue weighted by Gasteiger charge is -2.36. The summed E-state index contributed by atoms with van der Waals surface area (Å²) in [5.74, 6) is 0.735. The molecule has 1 saturated heterocycles. The largest absolute Gasteiger partial charge is 0.495 e. The number of carbonyl (C=O) groups is 1. The monoisotopic (exact) mass is 378 g/mol. The van der Waals surface area contributed by atoms with E-state index in [1.807, 2.05) is 42.5 Å². The van der Waals surface area contributed by atoms with Gasteiger partial charge in [-0.05, 0) is 18.2 Å². The van der Waals surface area contributed by atoms with Crippen LogP contribution in [0.15, 0.2) is 59.5 Å². The van der Waals surface area contributed by atoms with Gasteiger partial charge in [0.1, 0.15) is 12.3 Å². The third-order valence-electron chi connectivity index (χ3n) is 5.11. The van der Waals surface area contributed by atoms with Gasteiger partial charge < -0.3 is 14.5 Å². The fraction of sp³-hybridized carbons (Fsp3) is 0.286. The lowest BCUT2D eigenvalue weighted by atomic mass is 10.2. The zero-order valence-electron chi connectivity index (χ0n) is 15.7. The first-order valence-corrected chi connectivity index (χ1v) is 9.28. The molecule has 4 rings (SSSR count). The molecule has 2 aromatic carbocycles. The number of methoxy groups -OCH3 is 1. The van der Waals surface area contributed by atoms with Crippen LogP contribution in [0.3, 0.4) is 0 Å². The number of fused-ring (bicyclic) bond motifs is 1. The van der Waals surface area contributed by atoms with Crippen molar-refractivity contribution >= 4 is 22.4 Å². The first-order valence-electron chi connectivity index (χ1n) is 9.28. The molecule has 0 atom stereocenters. The minimum absolute atomic E-state index is 0.0433. The van der Waals surface area contributed by atoms with E-state index in [9.17, 15) is 9.59 Å². The summed E-state index contributed by atoms with van der Waals surface area (Å²) in [6.45, 7) is 2.58. The molecule has 1 aliphatic heterocycles. The van der Waals surface area contributed by atoms with Gasteiger partial charge in [0, 0.05) is 31.6 Å². The maximum absolute atomic E-state index is 12.7. The second-order valence-corrected chi connectivity index (χ2v) is 6.73. The molecule has 1 aromatic heterocycles. The van der Waals surface area contributed by atoms with Crippen molar-refractivity contribution in [2.24, 2.45) is 0 Å². The van der Waals surface area contributed by atoms with Gasteiger partial charge in [-0.25, -0.2) is 4.68 Å². The third-order valence-corrected chi connectivity index (χ3v) is 5.11. The molecule has 2 heterocycles. The second-order valence-electron chi connectivity index (χ2n) is 6.73. The molecular formula is C21H22N4O3. The minimum Gasteiger partial charge on any atom is -0.495 e. The Balaban J connectivity index is 1.43. The summed E-state index contributed by atoms with van der Waals surface area (Å²) in [7, 11) is 1.66. The molecule has 0 unspecified atom stereocenters. The highest BCUT2D eigenvalue weighted by Crippen LogP contribution is 2.28. The van der Waals surface area contributed by atoms with Gasteiger partial charge in [-0.15, -0.1) is 0 Å². The van der Waals surface area contributed by atoms with Crippen molar-refractivity contribution in [2.45, 2.75) is 6.54 Å². The number of hydrogen-bond acceptors (Lipinski definition) is 5. The Morgan fingerprint density at radius 3 is 2.54 bits per heavy atom. The number of anilines is 1. The number of ether oxygens (including phenoxy) is 1. The van der Waals surface area contributed by atoms with Crippen LogP contribution in [0, 0.1) is 0 Å². The molecule has 1 amide bonds. The molecule has 7 heteroatoms. The minimum atomic E-state index is -0.237. The summed E-state index contributed by atoms with van der Waals surface area (Å²) in [6.07, 6.45) is 1.63. The van der Waals surface area contributed by atoms with E-state index in [1.165, 1.54) is 4.68 Å². The molecule has 0 bridgehead atoms. The Kier molecular flexibility index (Phi) is 4.97. The summed E-state index contributed by atoms with van der Waals surface area (Å²) >= 11 is 0. The van der Waals surface area contributed by atoms with E-state index in [4.69, 9.17) is 4.74 Å². The summed E-state index contributed by atoms with van der Waals surface area (Å²) in [5, 5.41) is 5.51. The Bertz CT molecular complexity index is 1050. The average Bonchev–Trinajstić information content (AvgIpc) is 2.76. The number of carbonyl (C=O) groups excluding carboxylic acids is 1.